The summed E-state index contributed by atoms with van der Waals surface area (Å²) >= 11 is 0. The summed E-state index contributed by atoms with van der Waals surface area (Å²) in [6.45, 7) is 9.69. The van der Waals surface area contributed by atoms with E-state index in [1.54, 1.807) is 0 Å². The molecule has 0 amide bonds. The van der Waals surface area contributed by atoms with Crippen molar-refractivity contribution >= 4 is 39.2 Å². The fourth-order valence-corrected chi connectivity index (χ4v) is 8.88. The van der Waals surface area contributed by atoms with Gasteiger partial charge in [-0.15, -0.1) is 0 Å². The highest BCUT2D eigenvalue weighted by atomic mass is 15.2. The minimum Gasteiger partial charge on any atom is -0.311 e. The molecular weight excluding hydrogens is 677 g/mol. The Balaban J connectivity index is 1.03. The Morgan fingerprint density at radius 3 is 1.59 bits per heavy atom. The van der Waals surface area contributed by atoms with Crippen molar-refractivity contribution in [1.82, 2.24) is 0 Å². The van der Waals surface area contributed by atoms with Gasteiger partial charge in [-0.2, -0.15) is 0 Å². The summed E-state index contributed by atoms with van der Waals surface area (Å²) in [6, 6.07) is 60.0. The van der Waals surface area contributed by atoms with Crippen LogP contribution in [0.2, 0.25) is 0 Å². The molecule has 0 aromatic heterocycles. The highest BCUT2D eigenvalue weighted by Gasteiger charge is 2.40. The number of rotatable bonds is 8. The van der Waals surface area contributed by atoms with Gasteiger partial charge in [0.15, 0.2) is 0 Å². The highest BCUT2D eigenvalue weighted by Crippen LogP contribution is 2.51. The lowest BCUT2D eigenvalue weighted by molar-refractivity contribution is 0.332. The van der Waals surface area contributed by atoms with Crippen molar-refractivity contribution in [3.05, 3.63) is 199 Å². The molecule has 0 unspecified atom stereocenters. The number of hydrogen-bond acceptors (Lipinski definition) is 2. The van der Waals surface area contributed by atoms with Crippen LogP contribution in [0, 0.1) is 0 Å². The average Bonchev–Trinajstić information content (AvgIpc) is 3.24. The summed E-state index contributed by atoms with van der Waals surface area (Å²) in [5, 5.41) is 2.52. The molecule has 56 heavy (non-hydrogen) atoms. The van der Waals surface area contributed by atoms with Gasteiger partial charge in [-0.05, 0) is 147 Å². The average molecular weight is 727 g/mol. The van der Waals surface area contributed by atoms with Gasteiger partial charge in [0, 0.05) is 28.4 Å². The Labute approximate surface area is 333 Å². The van der Waals surface area contributed by atoms with Gasteiger partial charge in [0.25, 0.3) is 0 Å². The Hall–Kier alpha value is -6.12. The third kappa shape index (κ3) is 6.75. The first-order valence-electron chi connectivity index (χ1n) is 20.2. The number of hydrogen-bond donors (Lipinski definition) is 0. The molecule has 7 aromatic rings. The SMILES string of the molecule is CC1(C)CCC(C)(C)c2c(N(C3=CCCC=C3)c3ccc(-c4ccc(N(c5ccccc5)c5ccc(-c6ccc7ccccc7c6)cc5)cc4)cc3)cccc21. The monoisotopic (exact) mass is 726 g/mol. The molecule has 2 aliphatic carbocycles. The summed E-state index contributed by atoms with van der Waals surface area (Å²) in [7, 11) is 0. The van der Waals surface area contributed by atoms with Gasteiger partial charge in [0.05, 0.1) is 5.69 Å². The minimum atomic E-state index is 0.0905. The van der Waals surface area contributed by atoms with Crippen LogP contribution in [-0.4, -0.2) is 0 Å². The normalized spacial score (nSPS) is 15.5. The topological polar surface area (TPSA) is 6.48 Å². The van der Waals surface area contributed by atoms with E-state index in [9.17, 15) is 0 Å². The molecule has 2 heteroatoms. The van der Waals surface area contributed by atoms with Gasteiger partial charge < -0.3 is 9.80 Å². The van der Waals surface area contributed by atoms with Crippen LogP contribution in [0.3, 0.4) is 0 Å². The highest BCUT2D eigenvalue weighted by molar-refractivity contribution is 5.88. The lowest BCUT2D eigenvalue weighted by Gasteiger charge is -2.44. The molecular formula is C54H50N2. The summed E-state index contributed by atoms with van der Waals surface area (Å²) in [5.41, 5.74) is 15.2. The molecule has 0 N–H and O–H groups in total. The van der Waals surface area contributed by atoms with Crippen molar-refractivity contribution < 1.29 is 0 Å². The van der Waals surface area contributed by atoms with Crippen molar-refractivity contribution in [2.24, 2.45) is 0 Å². The largest absolute Gasteiger partial charge is 0.311 e. The zero-order valence-corrected chi connectivity index (χ0v) is 33.0. The lowest BCUT2D eigenvalue weighted by atomic mass is 9.62. The van der Waals surface area contributed by atoms with Crippen LogP contribution < -0.4 is 9.80 Å². The van der Waals surface area contributed by atoms with Crippen LogP contribution in [0.4, 0.5) is 28.4 Å². The van der Waals surface area contributed by atoms with Gasteiger partial charge in [-0.3, -0.25) is 0 Å². The third-order valence-electron chi connectivity index (χ3n) is 12.1. The minimum absolute atomic E-state index is 0.0905. The van der Waals surface area contributed by atoms with E-state index >= 15 is 0 Å². The molecule has 0 aliphatic heterocycles. The van der Waals surface area contributed by atoms with Crippen LogP contribution in [0.5, 0.6) is 0 Å². The van der Waals surface area contributed by atoms with E-state index in [1.165, 1.54) is 74.1 Å². The van der Waals surface area contributed by atoms with Crippen LogP contribution in [0.25, 0.3) is 33.0 Å². The summed E-state index contributed by atoms with van der Waals surface area (Å²) in [6.07, 6.45) is 11.6. The molecule has 7 aromatic carbocycles. The van der Waals surface area contributed by atoms with Crippen LogP contribution in [-0.2, 0) is 10.8 Å². The Bertz CT molecular complexity index is 2550. The predicted molar refractivity (Wildman–Crippen MR) is 240 cm³/mol. The number of anilines is 5. The van der Waals surface area contributed by atoms with Crippen molar-refractivity contribution in [3.63, 3.8) is 0 Å². The second-order valence-electron chi connectivity index (χ2n) is 16.8. The predicted octanol–water partition coefficient (Wildman–Crippen LogP) is 15.4. The second kappa shape index (κ2) is 14.5. The van der Waals surface area contributed by atoms with Gasteiger partial charge in [0.1, 0.15) is 0 Å². The fourth-order valence-electron chi connectivity index (χ4n) is 8.88. The zero-order chi connectivity index (χ0) is 38.3. The van der Waals surface area contributed by atoms with Crippen LogP contribution in [0.1, 0.15) is 64.5 Å². The number of benzene rings is 7. The first-order valence-corrected chi connectivity index (χ1v) is 20.2. The maximum atomic E-state index is 2.51. The molecule has 0 spiro atoms. The smallest absolute Gasteiger partial charge is 0.0501 e. The van der Waals surface area contributed by atoms with E-state index in [1.807, 2.05) is 0 Å². The molecule has 0 saturated heterocycles. The van der Waals surface area contributed by atoms with Crippen molar-refractivity contribution in [3.8, 4) is 22.3 Å². The Kier molecular flexibility index (Phi) is 9.22. The molecule has 9 rings (SSSR count). The molecule has 0 atom stereocenters. The number of nitrogens with zero attached hydrogens (tertiary/aromatic N) is 2. The second-order valence-corrected chi connectivity index (χ2v) is 16.8. The number of fused-ring (bicyclic) bond motifs is 2. The quantitative estimate of drug-likeness (QED) is 0.154. The Morgan fingerprint density at radius 2 is 0.964 bits per heavy atom. The fraction of sp³-hybridized carbons (Fsp3) is 0.185. The third-order valence-corrected chi connectivity index (χ3v) is 12.1. The van der Waals surface area contributed by atoms with Crippen LogP contribution in [0.15, 0.2) is 188 Å². The first-order chi connectivity index (χ1) is 27.2. The first kappa shape index (κ1) is 35.6. The van der Waals surface area contributed by atoms with Crippen molar-refractivity contribution in [1.29, 1.82) is 0 Å². The molecule has 2 nitrogen and oxygen atoms in total. The van der Waals surface area contributed by atoms with E-state index < -0.39 is 0 Å². The molecule has 0 heterocycles. The van der Waals surface area contributed by atoms with Gasteiger partial charge >= 0.3 is 0 Å². The van der Waals surface area contributed by atoms with E-state index in [0.29, 0.717) is 0 Å². The summed E-state index contributed by atoms with van der Waals surface area (Å²) in [4.78, 5) is 4.84. The maximum Gasteiger partial charge on any atom is 0.0501 e. The van der Waals surface area contributed by atoms with Gasteiger partial charge in [0.2, 0.25) is 0 Å². The van der Waals surface area contributed by atoms with E-state index in [4.69, 9.17) is 0 Å². The number of para-hydroxylation sites is 1. The maximum absolute atomic E-state index is 2.51. The molecule has 2 aliphatic rings. The Morgan fingerprint density at radius 1 is 0.429 bits per heavy atom. The molecule has 0 fully saturated rings. The molecule has 0 bridgehead atoms. The standard InChI is InChI=1S/C54H50N2/c1-53(2)36-37-54(3,4)52-50(53)20-13-21-51(52)56(46-18-9-6-10-19-46)49-34-26-41(27-35-49)40-24-30-47(31-25-40)55(45-16-7-5-8-17-45)48-32-28-42(29-33-48)44-23-22-39-14-11-12-15-43(39)38-44/h5,7-9,11-35,38H,6,10,36-37H2,1-4H3. The van der Waals surface area contributed by atoms with Crippen molar-refractivity contribution in [2.75, 3.05) is 9.80 Å². The lowest BCUT2D eigenvalue weighted by Crippen LogP contribution is -2.35. The summed E-state index contributed by atoms with van der Waals surface area (Å²) < 4.78 is 0. The molecule has 276 valence electrons. The molecule has 0 radical (unpaired) electrons. The summed E-state index contributed by atoms with van der Waals surface area (Å²) in [5.74, 6) is 0. The van der Waals surface area contributed by atoms with Gasteiger partial charge in [-0.1, -0.05) is 143 Å². The number of allylic oxidation sites excluding steroid dienone is 3. The van der Waals surface area contributed by atoms with E-state index in [-0.39, 0.29) is 10.8 Å². The van der Waals surface area contributed by atoms with Crippen LogP contribution >= 0.6 is 0 Å². The van der Waals surface area contributed by atoms with E-state index in [2.05, 4.69) is 220 Å². The zero-order valence-electron chi connectivity index (χ0n) is 33.0. The molecule has 0 saturated carbocycles. The van der Waals surface area contributed by atoms with Crippen molar-refractivity contribution in [2.45, 2.75) is 64.2 Å². The van der Waals surface area contributed by atoms with Gasteiger partial charge in [-0.25, -0.2) is 0 Å². The van der Waals surface area contributed by atoms with E-state index in [0.717, 1.165) is 29.9 Å².